The summed E-state index contributed by atoms with van der Waals surface area (Å²) < 4.78 is 16.5. The summed E-state index contributed by atoms with van der Waals surface area (Å²) in [6.07, 6.45) is -0.710. The van der Waals surface area contributed by atoms with Gasteiger partial charge in [-0.1, -0.05) is 12.1 Å². The number of rotatable bonds is 3. The number of aromatic amines is 1. The van der Waals surface area contributed by atoms with Crippen molar-refractivity contribution in [2.24, 2.45) is 0 Å². The maximum Gasteiger partial charge on any atom is 0.284 e. The molecule has 1 aromatic heterocycles. The van der Waals surface area contributed by atoms with Gasteiger partial charge in [0.05, 0.1) is 0 Å². The largest absolute Gasteiger partial charge is 0.485 e. The molecule has 2 N–H and O–H groups in total. The predicted octanol–water partition coefficient (Wildman–Crippen LogP) is 3.18. The number of benzene rings is 2. The number of hydrogen-bond donors (Lipinski definition) is 2. The van der Waals surface area contributed by atoms with Crippen molar-refractivity contribution in [3.63, 3.8) is 0 Å². The highest BCUT2D eigenvalue weighted by Gasteiger charge is 2.27. The molecule has 1 atom stereocenters. The number of nitrogens with one attached hydrogen (secondary N) is 2. The second kappa shape index (κ2) is 6.40. The lowest BCUT2D eigenvalue weighted by Gasteiger charge is -2.25. The predicted molar refractivity (Wildman–Crippen MR) is 92.1 cm³/mol. The van der Waals surface area contributed by atoms with Crippen molar-refractivity contribution in [3.8, 4) is 23.0 Å². The Kier molecular flexibility index (Phi) is 3.95. The Balaban J connectivity index is 1.44. The second-order valence-corrected chi connectivity index (χ2v) is 5.72. The first-order chi connectivity index (χ1) is 12.2. The van der Waals surface area contributed by atoms with Crippen molar-refractivity contribution >= 4 is 23.8 Å². The fourth-order valence-corrected chi connectivity index (χ4v) is 2.55. The van der Waals surface area contributed by atoms with Crippen LogP contribution in [0.1, 0.15) is 0 Å². The SMILES string of the molecule is O=C(Nc1ccc(-c2n[nH]c(=S)o2)cc1)C1COc2ccccc2O1. The van der Waals surface area contributed by atoms with E-state index in [4.69, 9.17) is 26.1 Å². The number of nitrogens with zero attached hydrogens (tertiary/aromatic N) is 1. The average molecular weight is 355 g/mol. The van der Waals surface area contributed by atoms with Crippen molar-refractivity contribution in [2.75, 3.05) is 11.9 Å². The number of fused-ring (bicyclic) bond motifs is 1. The van der Waals surface area contributed by atoms with Crippen LogP contribution in [-0.4, -0.2) is 28.8 Å². The molecule has 126 valence electrons. The van der Waals surface area contributed by atoms with E-state index < -0.39 is 6.10 Å². The summed E-state index contributed by atoms with van der Waals surface area (Å²) in [6.45, 7) is 0.161. The summed E-state index contributed by atoms with van der Waals surface area (Å²) in [5.74, 6) is 1.31. The maximum absolute atomic E-state index is 12.4. The third-order valence-corrected chi connectivity index (χ3v) is 3.81. The lowest BCUT2D eigenvalue weighted by atomic mass is 10.2. The van der Waals surface area contributed by atoms with Crippen LogP contribution in [0.5, 0.6) is 11.5 Å². The Bertz CT molecular complexity index is 964. The first kappa shape index (κ1) is 15.4. The third kappa shape index (κ3) is 3.24. The number of H-pyrrole nitrogens is 1. The molecule has 0 radical (unpaired) electrons. The second-order valence-electron chi connectivity index (χ2n) is 5.35. The van der Waals surface area contributed by atoms with E-state index in [2.05, 4.69) is 15.5 Å². The quantitative estimate of drug-likeness (QED) is 0.702. The number of carbonyl (C=O) groups excluding carboxylic acids is 1. The number of carbonyl (C=O) groups is 1. The summed E-state index contributed by atoms with van der Waals surface area (Å²) in [6, 6.07) is 14.3. The Morgan fingerprint density at radius 2 is 1.92 bits per heavy atom. The molecule has 0 saturated carbocycles. The smallest absolute Gasteiger partial charge is 0.284 e. The number of amides is 1. The molecule has 4 rings (SSSR count). The molecule has 0 saturated heterocycles. The molecular weight excluding hydrogens is 342 g/mol. The average Bonchev–Trinajstić information content (AvgIpc) is 3.08. The van der Waals surface area contributed by atoms with Crippen LogP contribution in [-0.2, 0) is 4.79 Å². The topological polar surface area (TPSA) is 89.4 Å². The molecule has 0 bridgehead atoms. The van der Waals surface area contributed by atoms with Gasteiger partial charge >= 0.3 is 0 Å². The molecule has 1 aliphatic rings. The highest BCUT2D eigenvalue weighted by atomic mass is 32.1. The first-order valence-corrected chi connectivity index (χ1v) is 7.95. The maximum atomic E-state index is 12.4. The van der Waals surface area contributed by atoms with Crippen LogP contribution in [0.25, 0.3) is 11.5 Å². The lowest BCUT2D eigenvalue weighted by Crippen LogP contribution is -2.40. The normalized spacial score (nSPS) is 15.6. The minimum Gasteiger partial charge on any atom is -0.485 e. The van der Waals surface area contributed by atoms with E-state index in [9.17, 15) is 4.79 Å². The molecule has 0 fully saturated rings. The fourth-order valence-electron chi connectivity index (χ4n) is 2.42. The van der Waals surface area contributed by atoms with Gasteiger partial charge in [0.15, 0.2) is 11.5 Å². The summed E-state index contributed by atoms with van der Waals surface area (Å²) in [5, 5.41) is 9.32. The Labute approximate surface area is 147 Å². The molecule has 8 heteroatoms. The minimum absolute atomic E-state index is 0.161. The number of anilines is 1. The monoisotopic (exact) mass is 355 g/mol. The Hall–Kier alpha value is -3.13. The van der Waals surface area contributed by atoms with Crippen LogP contribution in [0.3, 0.4) is 0 Å². The highest BCUT2D eigenvalue weighted by Crippen LogP contribution is 2.31. The first-order valence-electron chi connectivity index (χ1n) is 7.54. The van der Waals surface area contributed by atoms with Gasteiger partial charge in [-0.2, -0.15) is 0 Å². The molecule has 0 aliphatic carbocycles. The molecular formula is C17H13N3O4S. The molecule has 1 amide bonds. The zero-order chi connectivity index (χ0) is 17.2. The van der Waals surface area contributed by atoms with E-state index in [1.165, 1.54) is 0 Å². The van der Waals surface area contributed by atoms with E-state index in [1.54, 1.807) is 36.4 Å². The highest BCUT2D eigenvalue weighted by molar-refractivity contribution is 7.71. The van der Waals surface area contributed by atoms with Crippen molar-refractivity contribution < 1.29 is 18.7 Å². The van der Waals surface area contributed by atoms with Crippen LogP contribution in [0.15, 0.2) is 52.9 Å². The molecule has 2 aromatic carbocycles. The molecule has 25 heavy (non-hydrogen) atoms. The minimum atomic E-state index is -0.710. The fraction of sp³-hybridized carbons (Fsp3) is 0.118. The molecule has 3 aromatic rings. The van der Waals surface area contributed by atoms with Gasteiger partial charge in [0.1, 0.15) is 6.61 Å². The van der Waals surface area contributed by atoms with Crippen molar-refractivity contribution in [1.29, 1.82) is 0 Å². The molecule has 1 unspecified atom stereocenters. The molecule has 1 aliphatic heterocycles. The van der Waals surface area contributed by atoms with Gasteiger partial charge in [0.25, 0.3) is 10.7 Å². The molecule has 0 spiro atoms. The van der Waals surface area contributed by atoms with E-state index in [1.807, 2.05) is 12.1 Å². The van der Waals surface area contributed by atoms with Gasteiger partial charge in [-0.25, -0.2) is 5.10 Å². The number of ether oxygens (including phenoxy) is 2. The van der Waals surface area contributed by atoms with Crippen LogP contribution >= 0.6 is 12.2 Å². The van der Waals surface area contributed by atoms with E-state index in [0.717, 1.165) is 5.56 Å². The number of aromatic nitrogens is 2. The van der Waals surface area contributed by atoms with E-state index in [0.29, 0.717) is 23.1 Å². The lowest BCUT2D eigenvalue weighted by molar-refractivity contribution is -0.125. The van der Waals surface area contributed by atoms with Crippen LogP contribution < -0.4 is 14.8 Å². The molecule has 2 heterocycles. The Morgan fingerprint density at radius 1 is 1.16 bits per heavy atom. The zero-order valence-electron chi connectivity index (χ0n) is 12.9. The van der Waals surface area contributed by atoms with Gasteiger partial charge in [0, 0.05) is 11.3 Å². The molecule has 7 nitrogen and oxygen atoms in total. The number of para-hydroxylation sites is 2. The zero-order valence-corrected chi connectivity index (χ0v) is 13.7. The number of hydrogen-bond acceptors (Lipinski definition) is 6. The van der Waals surface area contributed by atoms with Crippen LogP contribution in [0.4, 0.5) is 5.69 Å². The van der Waals surface area contributed by atoms with Crippen molar-refractivity contribution in [3.05, 3.63) is 53.4 Å². The van der Waals surface area contributed by atoms with Crippen molar-refractivity contribution in [2.45, 2.75) is 6.10 Å². The van der Waals surface area contributed by atoms with Gasteiger partial charge in [0.2, 0.25) is 12.0 Å². The summed E-state index contributed by atoms with van der Waals surface area (Å²) in [4.78, 5) is 12.6. The van der Waals surface area contributed by atoms with Gasteiger partial charge in [-0.3, -0.25) is 4.79 Å². The van der Waals surface area contributed by atoms with Crippen molar-refractivity contribution in [1.82, 2.24) is 10.2 Å². The van der Waals surface area contributed by atoms with Crippen LogP contribution in [0.2, 0.25) is 0 Å². The van der Waals surface area contributed by atoms with E-state index in [-0.39, 0.29) is 17.4 Å². The third-order valence-electron chi connectivity index (χ3n) is 3.64. The summed E-state index contributed by atoms with van der Waals surface area (Å²) in [5.41, 5.74) is 1.38. The van der Waals surface area contributed by atoms with Crippen LogP contribution in [0, 0.1) is 4.84 Å². The van der Waals surface area contributed by atoms with E-state index >= 15 is 0 Å². The van der Waals surface area contributed by atoms with Gasteiger partial charge in [-0.15, -0.1) is 5.10 Å². The Morgan fingerprint density at radius 3 is 2.64 bits per heavy atom. The summed E-state index contributed by atoms with van der Waals surface area (Å²) in [7, 11) is 0. The standard InChI is InChI=1S/C17H13N3O4S/c21-15(14-9-22-12-3-1-2-4-13(12)23-14)18-11-7-5-10(6-8-11)16-19-20-17(25)24-16/h1-8,14H,9H2,(H,18,21)(H,20,25). The van der Waals surface area contributed by atoms with Gasteiger partial charge in [-0.05, 0) is 48.6 Å². The van der Waals surface area contributed by atoms with Gasteiger partial charge < -0.3 is 19.2 Å². The summed E-state index contributed by atoms with van der Waals surface area (Å²) >= 11 is 4.85.